The van der Waals surface area contributed by atoms with Gasteiger partial charge in [0.15, 0.2) is 0 Å². The molecular formula is C14H21BrN2. The molecule has 2 nitrogen and oxygen atoms in total. The van der Waals surface area contributed by atoms with Gasteiger partial charge in [0.25, 0.3) is 0 Å². The van der Waals surface area contributed by atoms with Crippen LogP contribution >= 0.6 is 15.9 Å². The standard InChI is InChI=1S/C14H21BrN2/c1-11(16-2)13-7-6-12(10-14(13)15)17-8-4-3-5-9-17/h6-7,10-11,16H,3-5,8-9H2,1-2H3. The molecule has 1 heterocycles. The second-order valence-electron chi connectivity index (χ2n) is 4.76. The van der Waals surface area contributed by atoms with E-state index in [0.29, 0.717) is 6.04 Å². The molecule has 2 rings (SSSR count). The Morgan fingerprint density at radius 3 is 2.53 bits per heavy atom. The monoisotopic (exact) mass is 296 g/mol. The number of rotatable bonds is 3. The molecule has 0 aromatic heterocycles. The molecule has 1 aliphatic heterocycles. The first-order valence-electron chi connectivity index (χ1n) is 6.44. The van der Waals surface area contributed by atoms with Crippen LogP contribution in [0.15, 0.2) is 22.7 Å². The number of hydrogen-bond donors (Lipinski definition) is 1. The van der Waals surface area contributed by atoms with E-state index in [1.807, 2.05) is 7.05 Å². The highest BCUT2D eigenvalue weighted by Crippen LogP contribution is 2.29. The number of nitrogens with zero attached hydrogens (tertiary/aromatic N) is 1. The van der Waals surface area contributed by atoms with E-state index in [-0.39, 0.29) is 0 Å². The molecule has 1 atom stereocenters. The lowest BCUT2D eigenvalue weighted by molar-refractivity contribution is 0.577. The third-order valence-corrected chi connectivity index (χ3v) is 4.29. The molecule has 94 valence electrons. The normalized spacial score (nSPS) is 18.2. The summed E-state index contributed by atoms with van der Waals surface area (Å²) in [7, 11) is 2.00. The molecule has 3 heteroatoms. The summed E-state index contributed by atoms with van der Waals surface area (Å²) in [4.78, 5) is 2.49. The van der Waals surface area contributed by atoms with Gasteiger partial charge in [-0.25, -0.2) is 0 Å². The summed E-state index contributed by atoms with van der Waals surface area (Å²) in [5.41, 5.74) is 2.68. The quantitative estimate of drug-likeness (QED) is 0.914. The SMILES string of the molecule is CNC(C)c1ccc(N2CCCCC2)cc1Br. The largest absolute Gasteiger partial charge is 0.372 e. The number of benzene rings is 1. The van der Waals surface area contributed by atoms with Crippen molar-refractivity contribution in [2.24, 2.45) is 0 Å². The Balaban J connectivity index is 2.17. The topological polar surface area (TPSA) is 15.3 Å². The Labute approximate surface area is 113 Å². The summed E-state index contributed by atoms with van der Waals surface area (Å²) in [6.45, 7) is 4.58. The summed E-state index contributed by atoms with van der Waals surface area (Å²) in [5.74, 6) is 0. The van der Waals surface area contributed by atoms with Gasteiger partial charge in [-0.2, -0.15) is 0 Å². The van der Waals surface area contributed by atoms with Gasteiger partial charge in [0.05, 0.1) is 0 Å². The molecule has 1 saturated heterocycles. The molecule has 1 fully saturated rings. The van der Waals surface area contributed by atoms with E-state index in [1.165, 1.54) is 48.1 Å². The fourth-order valence-corrected chi connectivity index (χ4v) is 3.08. The van der Waals surface area contributed by atoms with Crippen molar-refractivity contribution < 1.29 is 0 Å². The molecule has 17 heavy (non-hydrogen) atoms. The van der Waals surface area contributed by atoms with Crippen LogP contribution in [0.1, 0.15) is 37.8 Å². The zero-order chi connectivity index (χ0) is 12.3. The van der Waals surface area contributed by atoms with Crippen molar-refractivity contribution in [3.05, 3.63) is 28.2 Å². The van der Waals surface area contributed by atoms with Gasteiger partial charge < -0.3 is 10.2 Å². The molecule has 1 aliphatic rings. The maximum absolute atomic E-state index is 3.69. The maximum Gasteiger partial charge on any atom is 0.0377 e. The lowest BCUT2D eigenvalue weighted by atomic mass is 10.1. The molecule has 1 aromatic carbocycles. The van der Waals surface area contributed by atoms with Crippen LogP contribution in [-0.2, 0) is 0 Å². The fourth-order valence-electron chi connectivity index (χ4n) is 2.37. The van der Waals surface area contributed by atoms with Crippen molar-refractivity contribution in [3.63, 3.8) is 0 Å². The number of nitrogens with one attached hydrogen (secondary N) is 1. The number of hydrogen-bond acceptors (Lipinski definition) is 2. The minimum absolute atomic E-state index is 0.389. The second kappa shape index (κ2) is 5.87. The van der Waals surface area contributed by atoms with E-state index in [2.05, 4.69) is 51.3 Å². The van der Waals surface area contributed by atoms with Gasteiger partial charge in [-0.05, 0) is 50.9 Å². The van der Waals surface area contributed by atoms with Gasteiger partial charge in [0, 0.05) is 29.3 Å². The van der Waals surface area contributed by atoms with Crippen LogP contribution in [0.3, 0.4) is 0 Å². The summed E-state index contributed by atoms with van der Waals surface area (Å²) in [6.07, 6.45) is 4.03. The highest BCUT2D eigenvalue weighted by atomic mass is 79.9. The predicted octanol–water partition coefficient (Wildman–Crippen LogP) is 3.72. The summed E-state index contributed by atoms with van der Waals surface area (Å²) >= 11 is 3.69. The maximum atomic E-state index is 3.69. The highest BCUT2D eigenvalue weighted by Gasteiger charge is 2.13. The van der Waals surface area contributed by atoms with Gasteiger partial charge >= 0.3 is 0 Å². The second-order valence-corrected chi connectivity index (χ2v) is 5.62. The van der Waals surface area contributed by atoms with Crippen LogP contribution in [0.25, 0.3) is 0 Å². The Morgan fingerprint density at radius 2 is 1.94 bits per heavy atom. The van der Waals surface area contributed by atoms with E-state index >= 15 is 0 Å². The average Bonchev–Trinajstić information content (AvgIpc) is 2.39. The fraction of sp³-hybridized carbons (Fsp3) is 0.571. The lowest BCUT2D eigenvalue weighted by Crippen LogP contribution is -2.29. The van der Waals surface area contributed by atoms with Crippen LogP contribution in [0.4, 0.5) is 5.69 Å². The average molecular weight is 297 g/mol. The smallest absolute Gasteiger partial charge is 0.0377 e. The van der Waals surface area contributed by atoms with Crippen molar-refractivity contribution in [1.82, 2.24) is 5.32 Å². The highest BCUT2D eigenvalue weighted by molar-refractivity contribution is 9.10. The lowest BCUT2D eigenvalue weighted by Gasteiger charge is -2.29. The molecule has 0 radical (unpaired) electrons. The van der Waals surface area contributed by atoms with Crippen molar-refractivity contribution in [3.8, 4) is 0 Å². The molecular weight excluding hydrogens is 276 g/mol. The Kier molecular flexibility index (Phi) is 4.46. The van der Waals surface area contributed by atoms with Crippen LogP contribution in [-0.4, -0.2) is 20.1 Å². The van der Waals surface area contributed by atoms with Crippen molar-refractivity contribution in [1.29, 1.82) is 0 Å². The van der Waals surface area contributed by atoms with Crippen molar-refractivity contribution >= 4 is 21.6 Å². The van der Waals surface area contributed by atoms with E-state index in [4.69, 9.17) is 0 Å². The molecule has 1 N–H and O–H groups in total. The van der Waals surface area contributed by atoms with Crippen molar-refractivity contribution in [2.75, 3.05) is 25.0 Å². The van der Waals surface area contributed by atoms with E-state index in [0.717, 1.165) is 0 Å². The summed E-state index contributed by atoms with van der Waals surface area (Å²) < 4.78 is 1.21. The number of piperidine rings is 1. The van der Waals surface area contributed by atoms with Crippen molar-refractivity contribution in [2.45, 2.75) is 32.2 Å². The number of halogens is 1. The van der Waals surface area contributed by atoms with Crippen LogP contribution in [0, 0.1) is 0 Å². The van der Waals surface area contributed by atoms with Gasteiger partial charge in [-0.3, -0.25) is 0 Å². The predicted molar refractivity (Wildman–Crippen MR) is 77.7 cm³/mol. The zero-order valence-electron chi connectivity index (χ0n) is 10.7. The molecule has 0 aliphatic carbocycles. The van der Waals surface area contributed by atoms with Gasteiger partial charge in [-0.15, -0.1) is 0 Å². The Morgan fingerprint density at radius 1 is 1.24 bits per heavy atom. The molecule has 0 amide bonds. The first-order chi connectivity index (χ1) is 8.22. The molecule has 1 unspecified atom stereocenters. The first kappa shape index (κ1) is 12.9. The van der Waals surface area contributed by atoms with Crippen LogP contribution in [0.2, 0.25) is 0 Å². The third-order valence-electron chi connectivity index (χ3n) is 3.60. The third kappa shape index (κ3) is 3.02. The van der Waals surface area contributed by atoms with E-state index in [9.17, 15) is 0 Å². The minimum atomic E-state index is 0.389. The molecule has 1 aromatic rings. The van der Waals surface area contributed by atoms with E-state index in [1.54, 1.807) is 0 Å². The summed E-state index contributed by atoms with van der Waals surface area (Å²) in [6, 6.07) is 7.13. The summed E-state index contributed by atoms with van der Waals surface area (Å²) in [5, 5.41) is 3.28. The van der Waals surface area contributed by atoms with Crippen LogP contribution in [0.5, 0.6) is 0 Å². The zero-order valence-corrected chi connectivity index (χ0v) is 12.3. The van der Waals surface area contributed by atoms with Gasteiger partial charge in [0.1, 0.15) is 0 Å². The molecule has 0 saturated carbocycles. The van der Waals surface area contributed by atoms with Gasteiger partial charge in [-0.1, -0.05) is 22.0 Å². The molecule has 0 spiro atoms. The molecule has 0 bridgehead atoms. The van der Waals surface area contributed by atoms with Crippen LogP contribution < -0.4 is 10.2 Å². The number of anilines is 1. The van der Waals surface area contributed by atoms with E-state index < -0.39 is 0 Å². The Hall–Kier alpha value is -0.540. The van der Waals surface area contributed by atoms with Gasteiger partial charge in [0.2, 0.25) is 0 Å². The minimum Gasteiger partial charge on any atom is -0.372 e. The Bertz CT molecular complexity index is 372. The first-order valence-corrected chi connectivity index (χ1v) is 7.23.